The molecule has 1 aliphatic rings. The molecule has 0 saturated carbocycles. The first-order valence-electron chi connectivity index (χ1n) is 15.7. The molecule has 0 aromatic heterocycles. The minimum atomic E-state index is -0.0856. The van der Waals surface area contributed by atoms with Crippen LogP contribution in [0.25, 0.3) is 11.1 Å². The summed E-state index contributed by atoms with van der Waals surface area (Å²) in [7, 11) is 0. The maximum absolute atomic E-state index is 6.40. The second kappa shape index (κ2) is 11.9. The summed E-state index contributed by atoms with van der Waals surface area (Å²) in [5, 5.41) is 0. The molecule has 0 fully saturated rings. The molecule has 0 spiro atoms. The fraction of sp³-hybridized carbons (Fsp3) is 0.262. The Morgan fingerprint density at radius 2 is 1.09 bits per heavy atom. The Kier molecular flexibility index (Phi) is 8.03. The number of rotatable bonds is 6. The third kappa shape index (κ3) is 6.13. The van der Waals surface area contributed by atoms with Crippen LogP contribution >= 0.6 is 0 Å². The van der Waals surface area contributed by atoms with Crippen LogP contribution in [0.3, 0.4) is 0 Å². The quantitative estimate of drug-likeness (QED) is 0.184. The molecule has 2 nitrogen and oxygen atoms in total. The van der Waals surface area contributed by atoms with Gasteiger partial charge in [-0.05, 0) is 67.5 Å². The first-order valence-corrected chi connectivity index (χ1v) is 15.7. The van der Waals surface area contributed by atoms with E-state index in [0.717, 1.165) is 11.5 Å². The van der Waals surface area contributed by atoms with Crippen LogP contribution in [0, 0.1) is 0 Å². The number of hydrogen-bond acceptors (Lipinski definition) is 2. The summed E-state index contributed by atoms with van der Waals surface area (Å²) >= 11 is 0. The molecule has 44 heavy (non-hydrogen) atoms. The molecule has 1 aliphatic heterocycles. The van der Waals surface area contributed by atoms with Gasteiger partial charge in [-0.2, -0.15) is 0 Å². The Balaban J connectivity index is 1.44. The van der Waals surface area contributed by atoms with Crippen LogP contribution in [0.15, 0.2) is 132 Å². The molecule has 1 atom stereocenters. The highest BCUT2D eigenvalue weighted by molar-refractivity contribution is 5.96. The lowest BCUT2D eigenvalue weighted by atomic mass is 9.79. The van der Waals surface area contributed by atoms with E-state index in [1.54, 1.807) is 0 Å². The molecule has 0 unspecified atom stereocenters. The van der Waals surface area contributed by atoms with Crippen molar-refractivity contribution in [1.82, 2.24) is 0 Å². The molecule has 0 N–H and O–H groups in total. The molecule has 2 heteroatoms. The van der Waals surface area contributed by atoms with Gasteiger partial charge in [-0.1, -0.05) is 157 Å². The predicted octanol–water partition coefficient (Wildman–Crippen LogP) is 10.6. The number of hydrogen-bond donors (Lipinski definition) is 0. The molecule has 5 aromatic carbocycles. The van der Waals surface area contributed by atoms with Gasteiger partial charge in [0.25, 0.3) is 0 Å². The fourth-order valence-electron chi connectivity index (χ4n) is 6.18. The number of ether oxygens (including phenoxy) is 1. The average molecular weight is 578 g/mol. The zero-order valence-corrected chi connectivity index (χ0v) is 26.8. The first kappa shape index (κ1) is 29.6. The summed E-state index contributed by atoms with van der Waals surface area (Å²) in [6.45, 7) is 14.1. The Morgan fingerprint density at radius 3 is 1.66 bits per heavy atom. The molecule has 0 aliphatic carbocycles. The van der Waals surface area contributed by atoms with Gasteiger partial charge in [0.2, 0.25) is 5.90 Å². The van der Waals surface area contributed by atoms with Gasteiger partial charge in [-0.25, -0.2) is 4.99 Å². The Labute approximate surface area is 263 Å². The highest BCUT2D eigenvalue weighted by atomic mass is 16.5. The predicted molar refractivity (Wildman–Crippen MR) is 185 cm³/mol. The lowest BCUT2D eigenvalue weighted by molar-refractivity contribution is 0.320. The second-order valence-corrected chi connectivity index (χ2v) is 14.0. The van der Waals surface area contributed by atoms with Crippen molar-refractivity contribution in [3.05, 3.63) is 166 Å². The summed E-state index contributed by atoms with van der Waals surface area (Å²) in [6.07, 6.45) is 0. The molecular formula is C42H43NO. The summed E-state index contributed by atoms with van der Waals surface area (Å²) in [5.41, 5.74) is 11.2. The number of benzene rings is 5. The minimum absolute atomic E-state index is 0.0267. The minimum Gasteiger partial charge on any atom is -0.475 e. The summed E-state index contributed by atoms with van der Waals surface area (Å²) in [4.78, 5) is 5.25. The van der Waals surface area contributed by atoms with Crippen LogP contribution in [-0.2, 0) is 15.6 Å². The zero-order valence-electron chi connectivity index (χ0n) is 26.8. The van der Waals surface area contributed by atoms with Gasteiger partial charge in [0.15, 0.2) is 0 Å². The van der Waals surface area contributed by atoms with E-state index in [1.165, 1.54) is 44.5 Å². The summed E-state index contributed by atoms with van der Waals surface area (Å²) in [6, 6.07) is 46.0. The third-order valence-corrected chi connectivity index (χ3v) is 8.71. The van der Waals surface area contributed by atoms with Crippen LogP contribution in [0.2, 0.25) is 0 Å². The zero-order chi connectivity index (χ0) is 30.9. The largest absolute Gasteiger partial charge is 0.475 e. The van der Waals surface area contributed by atoms with Gasteiger partial charge in [-0.15, -0.1) is 0 Å². The highest BCUT2D eigenvalue weighted by Crippen LogP contribution is 2.41. The molecular weight excluding hydrogens is 534 g/mol. The molecule has 0 saturated heterocycles. The van der Waals surface area contributed by atoms with E-state index in [0.29, 0.717) is 6.61 Å². The summed E-state index contributed by atoms with van der Waals surface area (Å²) in [5.74, 6) is 0.845. The SMILES string of the molecule is CC(C)(C)c1cc(C2=N[C@@H](c3ccccc3-c3ccccc3C(c3ccccc3)c3ccccc3)CO2)cc(C(C)(C)C)c1. The van der Waals surface area contributed by atoms with Crippen molar-refractivity contribution < 1.29 is 4.74 Å². The van der Waals surface area contributed by atoms with Crippen molar-refractivity contribution >= 4 is 5.90 Å². The Hall–Kier alpha value is -4.43. The lowest BCUT2D eigenvalue weighted by Gasteiger charge is -2.26. The van der Waals surface area contributed by atoms with Gasteiger partial charge in [0.1, 0.15) is 12.6 Å². The van der Waals surface area contributed by atoms with E-state index in [-0.39, 0.29) is 22.8 Å². The van der Waals surface area contributed by atoms with E-state index >= 15 is 0 Å². The fourth-order valence-corrected chi connectivity index (χ4v) is 6.18. The van der Waals surface area contributed by atoms with Crippen molar-refractivity contribution in [2.24, 2.45) is 4.99 Å². The number of nitrogens with zero attached hydrogens (tertiary/aromatic N) is 1. The molecule has 5 aromatic rings. The van der Waals surface area contributed by atoms with Crippen LogP contribution in [0.1, 0.15) is 92.4 Å². The average Bonchev–Trinajstić information content (AvgIpc) is 3.52. The molecule has 6 rings (SSSR count). The van der Waals surface area contributed by atoms with Gasteiger partial charge in [0.05, 0.1) is 0 Å². The number of aliphatic imine (C=N–C) groups is 1. The maximum atomic E-state index is 6.40. The van der Waals surface area contributed by atoms with Crippen molar-refractivity contribution in [1.29, 1.82) is 0 Å². The van der Waals surface area contributed by atoms with Crippen molar-refractivity contribution in [2.45, 2.75) is 64.3 Å². The van der Waals surface area contributed by atoms with Crippen LogP contribution < -0.4 is 0 Å². The van der Waals surface area contributed by atoms with Crippen molar-refractivity contribution in [3.8, 4) is 11.1 Å². The molecule has 0 radical (unpaired) electrons. The maximum Gasteiger partial charge on any atom is 0.216 e. The topological polar surface area (TPSA) is 21.6 Å². The van der Waals surface area contributed by atoms with E-state index < -0.39 is 0 Å². The second-order valence-electron chi connectivity index (χ2n) is 14.0. The van der Waals surface area contributed by atoms with Gasteiger partial charge in [-0.3, -0.25) is 0 Å². The monoisotopic (exact) mass is 577 g/mol. The third-order valence-electron chi connectivity index (χ3n) is 8.71. The normalized spacial score (nSPS) is 15.2. The van der Waals surface area contributed by atoms with Crippen LogP contribution in [-0.4, -0.2) is 12.5 Å². The smallest absolute Gasteiger partial charge is 0.216 e. The van der Waals surface area contributed by atoms with Gasteiger partial charge >= 0.3 is 0 Å². The van der Waals surface area contributed by atoms with E-state index in [9.17, 15) is 0 Å². The Bertz CT molecular complexity index is 1700. The molecule has 1 heterocycles. The molecule has 0 amide bonds. The lowest BCUT2D eigenvalue weighted by Crippen LogP contribution is -2.18. The summed E-state index contributed by atoms with van der Waals surface area (Å²) < 4.78 is 6.40. The van der Waals surface area contributed by atoms with Crippen LogP contribution in [0.4, 0.5) is 0 Å². The van der Waals surface area contributed by atoms with Gasteiger partial charge in [0, 0.05) is 11.5 Å². The molecule has 0 bridgehead atoms. The van der Waals surface area contributed by atoms with E-state index in [4.69, 9.17) is 9.73 Å². The highest BCUT2D eigenvalue weighted by Gasteiger charge is 2.29. The standard InChI is InChI=1S/C42H43NO/c1-41(2,3)32-25-31(26-33(27-32)42(4,5)6)40-43-38(28-44-40)36-23-15-13-21-34(36)35-22-14-16-24-37(35)39(29-17-9-7-10-18-29)30-19-11-8-12-20-30/h7-27,38-39H,28H2,1-6H3/t38-/m1/s1. The van der Waals surface area contributed by atoms with Gasteiger partial charge < -0.3 is 4.74 Å². The van der Waals surface area contributed by atoms with Crippen molar-refractivity contribution in [2.75, 3.05) is 6.61 Å². The van der Waals surface area contributed by atoms with Crippen molar-refractivity contribution in [3.63, 3.8) is 0 Å². The van der Waals surface area contributed by atoms with E-state index in [1.807, 2.05) is 0 Å². The Morgan fingerprint density at radius 1 is 0.591 bits per heavy atom. The van der Waals surface area contributed by atoms with E-state index in [2.05, 4.69) is 169 Å². The van der Waals surface area contributed by atoms with Crippen LogP contribution in [0.5, 0.6) is 0 Å². The first-order chi connectivity index (χ1) is 21.1. The molecule has 222 valence electrons.